The quantitative estimate of drug-likeness (QED) is 0.903. The number of nitrogens with zero attached hydrogens (tertiary/aromatic N) is 1. The number of aryl methyl sites for hydroxylation is 3. The standard InChI is InChI=1S/C14H18N2S/c1-9-4-5-12(10(2)8-9)14-16-13(6-7-15)11(3)17-14/h4-5,8H,6-7,15H2,1-3H3. The number of aromatic nitrogens is 1. The van der Waals surface area contributed by atoms with Crippen molar-refractivity contribution in [3.8, 4) is 10.6 Å². The molecule has 0 radical (unpaired) electrons. The molecule has 1 aromatic heterocycles. The Morgan fingerprint density at radius 2 is 2.00 bits per heavy atom. The minimum absolute atomic E-state index is 0.664. The van der Waals surface area contributed by atoms with Crippen LogP contribution in [-0.4, -0.2) is 11.5 Å². The maximum absolute atomic E-state index is 5.59. The van der Waals surface area contributed by atoms with E-state index in [2.05, 4.69) is 39.0 Å². The first-order valence-corrected chi connectivity index (χ1v) is 6.67. The van der Waals surface area contributed by atoms with E-state index in [0.29, 0.717) is 6.54 Å². The van der Waals surface area contributed by atoms with Crippen molar-refractivity contribution in [2.45, 2.75) is 27.2 Å². The lowest BCUT2D eigenvalue weighted by Gasteiger charge is -2.03. The fourth-order valence-corrected chi connectivity index (χ4v) is 3.02. The lowest BCUT2D eigenvalue weighted by atomic mass is 10.1. The molecular formula is C14H18N2S. The molecule has 0 bridgehead atoms. The third-order valence-corrected chi connectivity index (χ3v) is 3.93. The Morgan fingerprint density at radius 1 is 1.24 bits per heavy atom. The van der Waals surface area contributed by atoms with Crippen molar-refractivity contribution in [3.63, 3.8) is 0 Å². The van der Waals surface area contributed by atoms with Crippen LogP contribution in [0.15, 0.2) is 18.2 Å². The van der Waals surface area contributed by atoms with Gasteiger partial charge in [-0.15, -0.1) is 11.3 Å². The summed E-state index contributed by atoms with van der Waals surface area (Å²) < 4.78 is 0. The molecule has 0 atom stereocenters. The van der Waals surface area contributed by atoms with Gasteiger partial charge in [0.1, 0.15) is 5.01 Å². The topological polar surface area (TPSA) is 38.9 Å². The highest BCUT2D eigenvalue weighted by atomic mass is 32.1. The highest BCUT2D eigenvalue weighted by Crippen LogP contribution is 2.30. The summed E-state index contributed by atoms with van der Waals surface area (Å²) in [6, 6.07) is 6.51. The maximum atomic E-state index is 5.59. The Balaban J connectivity index is 2.42. The molecule has 2 aromatic rings. The van der Waals surface area contributed by atoms with E-state index in [4.69, 9.17) is 10.7 Å². The number of thiazole rings is 1. The molecule has 2 N–H and O–H groups in total. The van der Waals surface area contributed by atoms with Crippen LogP contribution in [0.25, 0.3) is 10.6 Å². The van der Waals surface area contributed by atoms with Gasteiger partial charge in [-0.3, -0.25) is 0 Å². The van der Waals surface area contributed by atoms with E-state index >= 15 is 0 Å². The molecule has 0 aliphatic carbocycles. The van der Waals surface area contributed by atoms with Gasteiger partial charge < -0.3 is 5.73 Å². The van der Waals surface area contributed by atoms with Crippen LogP contribution in [0, 0.1) is 20.8 Å². The van der Waals surface area contributed by atoms with Gasteiger partial charge >= 0.3 is 0 Å². The van der Waals surface area contributed by atoms with Crippen molar-refractivity contribution in [1.29, 1.82) is 0 Å². The van der Waals surface area contributed by atoms with E-state index in [1.54, 1.807) is 11.3 Å². The Bertz CT molecular complexity index is 529. The van der Waals surface area contributed by atoms with Crippen molar-refractivity contribution in [2.24, 2.45) is 5.73 Å². The number of hydrogen-bond acceptors (Lipinski definition) is 3. The van der Waals surface area contributed by atoms with Crippen LogP contribution in [-0.2, 0) is 6.42 Å². The van der Waals surface area contributed by atoms with Crippen molar-refractivity contribution < 1.29 is 0 Å². The van der Waals surface area contributed by atoms with E-state index in [-0.39, 0.29) is 0 Å². The summed E-state index contributed by atoms with van der Waals surface area (Å²) in [7, 11) is 0. The first kappa shape index (κ1) is 12.3. The molecule has 0 fully saturated rings. The predicted molar refractivity (Wildman–Crippen MR) is 74.5 cm³/mol. The van der Waals surface area contributed by atoms with Crippen LogP contribution < -0.4 is 5.73 Å². The summed E-state index contributed by atoms with van der Waals surface area (Å²) >= 11 is 1.76. The van der Waals surface area contributed by atoms with Gasteiger partial charge in [-0.05, 0) is 32.9 Å². The summed E-state index contributed by atoms with van der Waals surface area (Å²) in [5.41, 5.74) is 10.6. The molecule has 17 heavy (non-hydrogen) atoms. The lowest BCUT2D eigenvalue weighted by Crippen LogP contribution is -2.03. The van der Waals surface area contributed by atoms with Crippen molar-refractivity contribution in [3.05, 3.63) is 39.9 Å². The fraction of sp³-hybridized carbons (Fsp3) is 0.357. The molecule has 2 rings (SSSR count). The molecule has 0 aliphatic heterocycles. The zero-order valence-electron chi connectivity index (χ0n) is 10.6. The SMILES string of the molecule is Cc1ccc(-c2nc(CCN)c(C)s2)c(C)c1. The van der Waals surface area contributed by atoms with Crippen LogP contribution in [0.2, 0.25) is 0 Å². The molecule has 2 nitrogen and oxygen atoms in total. The first-order chi connectivity index (χ1) is 8.11. The highest BCUT2D eigenvalue weighted by molar-refractivity contribution is 7.15. The van der Waals surface area contributed by atoms with Gasteiger partial charge in [-0.25, -0.2) is 4.98 Å². The second-order valence-electron chi connectivity index (χ2n) is 4.38. The van der Waals surface area contributed by atoms with Crippen LogP contribution >= 0.6 is 11.3 Å². The second kappa shape index (κ2) is 4.98. The maximum Gasteiger partial charge on any atom is 0.124 e. The van der Waals surface area contributed by atoms with Gasteiger partial charge in [0.15, 0.2) is 0 Å². The number of nitrogens with two attached hydrogens (primary N) is 1. The Hall–Kier alpha value is -1.19. The molecule has 0 aliphatic rings. The van der Waals surface area contributed by atoms with E-state index in [9.17, 15) is 0 Å². The van der Waals surface area contributed by atoms with Gasteiger partial charge in [0, 0.05) is 16.9 Å². The third kappa shape index (κ3) is 2.56. The van der Waals surface area contributed by atoms with Crippen LogP contribution in [0.1, 0.15) is 21.7 Å². The van der Waals surface area contributed by atoms with Crippen molar-refractivity contribution in [2.75, 3.05) is 6.54 Å². The summed E-state index contributed by atoms with van der Waals surface area (Å²) in [5, 5.41) is 1.11. The smallest absolute Gasteiger partial charge is 0.124 e. The molecule has 3 heteroatoms. The zero-order chi connectivity index (χ0) is 12.4. The van der Waals surface area contributed by atoms with Gasteiger partial charge in [0.25, 0.3) is 0 Å². The first-order valence-electron chi connectivity index (χ1n) is 5.86. The monoisotopic (exact) mass is 246 g/mol. The molecule has 0 unspecified atom stereocenters. The van der Waals surface area contributed by atoms with Gasteiger partial charge in [0.2, 0.25) is 0 Å². The van der Waals surface area contributed by atoms with Crippen LogP contribution in [0.4, 0.5) is 0 Å². The second-order valence-corrected chi connectivity index (χ2v) is 5.58. The summed E-state index contributed by atoms with van der Waals surface area (Å²) in [6.45, 7) is 7.04. The average Bonchev–Trinajstić information content (AvgIpc) is 2.60. The number of rotatable bonds is 3. The van der Waals surface area contributed by atoms with Gasteiger partial charge in [-0.1, -0.05) is 23.8 Å². The largest absolute Gasteiger partial charge is 0.330 e. The van der Waals surface area contributed by atoms with Gasteiger partial charge in [-0.2, -0.15) is 0 Å². The lowest BCUT2D eigenvalue weighted by molar-refractivity contribution is 0.927. The van der Waals surface area contributed by atoms with E-state index in [1.807, 2.05) is 0 Å². The van der Waals surface area contributed by atoms with Crippen LogP contribution in [0.5, 0.6) is 0 Å². The highest BCUT2D eigenvalue weighted by Gasteiger charge is 2.10. The third-order valence-electron chi connectivity index (χ3n) is 2.89. The number of hydrogen-bond donors (Lipinski definition) is 1. The Morgan fingerprint density at radius 3 is 2.65 bits per heavy atom. The minimum Gasteiger partial charge on any atom is -0.330 e. The minimum atomic E-state index is 0.664. The molecule has 0 saturated heterocycles. The van der Waals surface area contributed by atoms with E-state index in [1.165, 1.54) is 21.6 Å². The molecule has 0 spiro atoms. The van der Waals surface area contributed by atoms with E-state index in [0.717, 1.165) is 17.1 Å². The average molecular weight is 246 g/mol. The molecule has 0 amide bonds. The fourth-order valence-electron chi connectivity index (χ4n) is 1.97. The van der Waals surface area contributed by atoms with E-state index < -0.39 is 0 Å². The molecule has 0 saturated carbocycles. The van der Waals surface area contributed by atoms with Gasteiger partial charge in [0.05, 0.1) is 5.69 Å². The molecule has 90 valence electrons. The summed E-state index contributed by atoms with van der Waals surface area (Å²) in [6.07, 6.45) is 0.868. The zero-order valence-corrected chi connectivity index (χ0v) is 11.4. The van der Waals surface area contributed by atoms with Crippen molar-refractivity contribution in [1.82, 2.24) is 4.98 Å². The summed E-state index contributed by atoms with van der Waals surface area (Å²) in [5.74, 6) is 0. The summed E-state index contributed by atoms with van der Waals surface area (Å²) in [4.78, 5) is 5.98. The Labute approximate surface area is 107 Å². The normalized spacial score (nSPS) is 10.8. The van der Waals surface area contributed by atoms with Crippen LogP contribution in [0.3, 0.4) is 0 Å². The molecule has 1 aromatic carbocycles. The Kier molecular flexibility index (Phi) is 3.60. The number of benzene rings is 1. The predicted octanol–water partition coefficient (Wildman–Crippen LogP) is 3.24. The molecule has 1 heterocycles. The molecular weight excluding hydrogens is 228 g/mol. The van der Waals surface area contributed by atoms with Crippen molar-refractivity contribution >= 4 is 11.3 Å².